The first kappa shape index (κ1) is 29.0. The van der Waals surface area contributed by atoms with E-state index < -0.39 is 11.7 Å². The normalized spacial score (nSPS) is 28.9. The molecule has 1 amide bonds. The maximum atomic E-state index is 13.7. The maximum absolute atomic E-state index is 13.7. The predicted octanol–water partition coefficient (Wildman–Crippen LogP) is 5.57. The summed E-state index contributed by atoms with van der Waals surface area (Å²) < 4.78 is 46.2. The van der Waals surface area contributed by atoms with Gasteiger partial charge in [-0.2, -0.15) is 13.2 Å². The lowest BCUT2D eigenvalue weighted by Gasteiger charge is -2.45. The monoisotopic (exact) mass is 574 g/mol. The van der Waals surface area contributed by atoms with E-state index in [1.54, 1.807) is 6.07 Å². The summed E-state index contributed by atoms with van der Waals surface area (Å²) in [6, 6.07) is 4.54. The third-order valence-electron chi connectivity index (χ3n) is 10.9. The van der Waals surface area contributed by atoms with Gasteiger partial charge in [0.1, 0.15) is 0 Å². The van der Waals surface area contributed by atoms with Crippen LogP contribution in [0.2, 0.25) is 0 Å². The number of hydrogen-bond donors (Lipinski definition) is 2. The molecule has 6 nitrogen and oxygen atoms in total. The molecule has 226 valence electrons. The van der Waals surface area contributed by atoms with Gasteiger partial charge in [0.05, 0.1) is 11.0 Å². The summed E-state index contributed by atoms with van der Waals surface area (Å²) in [5.41, 5.74) is 2.02. The summed E-state index contributed by atoms with van der Waals surface area (Å²) in [5.74, 6) is 1.29. The molecule has 3 aliphatic heterocycles. The van der Waals surface area contributed by atoms with Gasteiger partial charge >= 0.3 is 6.18 Å². The van der Waals surface area contributed by atoms with Crippen LogP contribution in [0, 0.1) is 17.3 Å². The first-order valence-electron chi connectivity index (χ1n) is 15.7. The molecule has 1 aliphatic carbocycles. The number of halogens is 3. The van der Waals surface area contributed by atoms with Gasteiger partial charge in [0.25, 0.3) is 0 Å². The number of carbonyl (C=O) groups is 1. The van der Waals surface area contributed by atoms with Crippen molar-refractivity contribution >= 4 is 16.8 Å². The van der Waals surface area contributed by atoms with E-state index in [0.29, 0.717) is 31.1 Å². The Labute approximate surface area is 241 Å². The van der Waals surface area contributed by atoms with Crippen molar-refractivity contribution in [3.63, 3.8) is 0 Å². The third kappa shape index (κ3) is 5.66. The van der Waals surface area contributed by atoms with Crippen LogP contribution in [-0.4, -0.2) is 79.2 Å². The Kier molecular flexibility index (Phi) is 8.15. The number of piperidine rings is 1. The molecule has 0 spiro atoms. The van der Waals surface area contributed by atoms with E-state index in [-0.39, 0.29) is 17.2 Å². The fourth-order valence-electron chi connectivity index (χ4n) is 8.39. The highest BCUT2D eigenvalue weighted by Crippen LogP contribution is 2.47. The second-order valence-corrected chi connectivity index (χ2v) is 13.1. The van der Waals surface area contributed by atoms with E-state index >= 15 is 0 Å². The number of carbonyl (C=O) groups excluding carboxylic acids is 1. The van der Waals surface area contributed by atoms with Crippen molar-refractivity contribution in [2.45, 2.75) is 76.9 Å². The minimum atomic E-state index is -4.35. The van der Waals surface area contributed by atoms with Gasteiger partial charge in [0.15, 0.2) is 0 Å². The van der Waals surface area contributed by atoms with Crippen molar-refractivity contribution in [3.05, 3.63) is 35.0 Å². The number of nitrogens with one attached hydrogen (secondary N) is 2. The van der Waals surface area contributed by atoms with Crippen LogP contribution in [-0.2, 0) is 22.1 Å². The Morgan fingerprint density at radius 2 is 2.00 bits per heavy atom. The highest BCUT2D eigenvalue weighted by molar-refractivity contribution is 5.86. The second kappa shape index (κ2) is 11.5. The van der Waals surface area contributed by atoms with Gasteiger partial charge in [-0.15, -0.1) is 0 Å². The Hall–Kier alpha value is -2.10. The number of fused-ring (bicyclic) bond motifs is 4. The Morgan fingerprint density at radius 3 is 2.76 bits per heavy atom. The maximum Gasteiger partial charge on any atom is 0.416 e. The molecule has 0 saturated carbocycles. The molecule has 2 aromatic rings. The molecule has 41 heavy (non-hydrogen) atoms. The summed E-state index contributed by atoms with van der Waals surface area (Å²) in [6.45, 7) is 11.3. The molecule has 3 fully saturated rings. The molecule has 3 saturated heterocycles. The molecule has 2 N–H and O–H groups in total. The zero-order valence-electron chi connectivity index (χ0n) is 24.5. The molecule has 1 aromatic heterocycles. The SMILES string of the molecule is CCN1CCCC1CNC(=O)C1(CCN2CC[C@@H]3Cc4[nH]c5ccc(C(F)(F)F)cc5c4[C@H](C)[C@H]3C2)CCOCC1. The lowest BCUT2D eigenvalue weighted by atomic mass is 9.68. The van der Waals surface area contributed by atoms with Crippen LogP contribution in [0.3, 0.4) is 0 Å². The fourth-order valence-corrected chi connectivity index (χ4v) is 8.39. The van der Waals surface area contributed by atoms with E-state index in [9.17, 15) is 18.0 Å². The van der Waals surface area contributed by atoms with Crippen molar-refractivity contribution < 1.29 is 22.7 Å². The fraction of sp³-hybridized carbons (Fsp3) is 0.719. The summed E-state index contributed by atoms with van der Waals surface area (Å²) in [6.07, 6.45) is 2.32. The minimum Gasteiger partial charge on any atom is -0.381 e. The van der Waals surface area contributed by atoms with E-state index in [1.165, 1.54) is 18.6 Å². The molecule has 0 bridgehead atoms. The van der Waals surface area contributed by atoms with Crippen LogP contribution in [0.5, 0.6) is 0 Å². The van der Waals surface area contributed by atoms with Gasteiger partial charge in [-0.25, -0.2) is 0 Å². The van der Waals surface area contributed by atoms with Gasteiger partial charge < -0.3 is 19.9 Å². The lowest BCUT2D eigenvalue weighted by Crippen LogP contribution is -2.51. The number of ether oxygens (including phenoxy) is 1. The second-order valence-electron chi connectivity index (χ2n) is 13.1. The van der Waals surface area contributed by atoms with Gasteiger partial charge in [0.2, 0.25) is 5.91 Å². The van der Waals surface area contributed by atoms with E-state index in [0.717, 1.165) is 100.0 Å². The number of rotatable bonds is 7. The van der Waals surface area contributed by atoms with Crippen LogP contribution in [0.1, 0.15) is 75.1 Å². The van der Waals surface area contributed by atoms with Gasteiger partial charge in [-0.1, -0.05) is 13.8 Å². The van der Waals surface area contributed by atoms with Gasteiger partial charge in [-0.05, 0) is 113 Å². The van der Waals surface area contributed by atoms with Crippen molar-refractivity contribution in [3.8, 4) is 0 Å². The minimum absolute atomic E-state index is 0.178. The summed E-state index contributed by atoms with van der Waals surface area (Å²) in [4.78, 5) is 22.1. The number of likely N-dealkylation sites (tertiary alicyclic amines) is 2. The summed E-state index contributed by atoms with van der Waals surface area (Å²) >= 11 is 0. The third-order valence-corrected chi connectivity index (χ3v) is 10.9. The largest absolute Gasteiger partial charge is 0.416 e. The summed E-state index contributed by atoms with van der Waals surface area (Å²) in [5, 5.41) is 4.06. The first-order chi connectivity index (χ1) is 19.7. The molecule has 1 unspecified atom stereocenters. The molecule has 9 heteroatoms. The highest BCUT2D eigenvalue weighted by Gasteiger charge is 2.43. The molecule has 4 atom stereocenters. The predicted molar refractivity (Wildman–Crippen MR) is 154 cm³/mol. The van der Waals surface area contributed by atoms with Crippen molar-refractivity contribution in [1.29, 1.82) is 0 Å². The number of hydrogen-bond acceptors (Lipinski definition) is 4. The Balaban J connectivity index is 1.13. The summed E-state index contributed by atoms with van der Waals surface area (Å²) in [7, 11) is 0. The van der Waals surface area contributed by atoms with Crippen molar-refractivity contribution in [2.75, 3.05) is 52.5 Å². The number of H-pyrrole nitrogens is 1. The molecular weight excluding hydrogens is 529 g/mol. The van der Waals surface area contributed by atoms with Crippen LogP contribution >= 0.6 is 0 Å². The number of amides is 1. The highest BCUT2D eigenvalue weighted by atomic mass is 19.4. The van der Waals surface area contributed by atoms with Gasteiger partial charge in [-0.3, -0.25) is 9.69 Å². The number of aromatic amines is 1. The Bertz CT molecular complexity index is 1240. The quantitative estimate of drug-likeness (QED) is 0.454. The first-order valence-corrected chi connectivity index (χ1v) is 15.7. The van der Waals surface area contributed by atoms with Crippen LogP contribution < -0.4 is 5.32 Å². The average Bonchev–Trinajstić information content (AvgIpc) is 3.58. The zero-order chi connectivity index (χ0) is 28.8. The smallest absolute Gasteiger partial charge is 0.381 e. The van der Waals surface area contributed by atoms with Gasteiger partial charge in [0, 0.05) is 48.9 Å². The molecule has 4 heterocycles. The molecule has 0 radical (unpaired) electrons. The number of benzene rings is 1. The lowest BCUT2D eigenvalue weighted by molar-refractivity contribution is -0.138. The molecule has 1 aromatic carbocycles. The number of nitrogens with zero attached hydrogens (tertiary/aromatic N) is 2. The van der Waals surface area contributed by atoms with Crippen molar-refractivity contribution in [2.24, 2.45) is 17.3 Å². The number of likely N-dealkylation sites (N-methyl/N-ethyl adjacent to an activating group) is 1. The average molecular weight is 575 g/mol. The molecular formula is C32H45F3N4O2. The zero-order valence-corrected chi connectivity index (χ0v) is 24.5. The standard InChI is InChI=1S/C32H45F3N4O2/c1-3-39-12-4-5-24(39)19-36-30(40)31(10-15-41-16-11-31)9-14-38-13-8-22-17-28-29(21(2)26(22)20-38)25-18-23(32(33,34)35)6-7-27(25)37-28/h6-7,18,21-22,24,26,37H,3-5,8-17,19-20H2,1-2H3,(H,36,40)/t21-,22-,24?,26-/m1/s1. The number of aromatic nitrogens is 1. The molecule has 4 aliphatic rings. The van der Waals surface area contributed by atoms with Crippen molar-refractivity contribution in [1.82, 2.24) is 20.1 Å². The number of alkyl halides is 3. The van der Waals surface area contributed by atoms with Crippen LogP contribution in [0.25, 0.3) is 10.9 Å². The van der Waals surface area contributed by atoms with Crippen LogP contribution in [0.15, 0.2) is 18.2 Å². The Morgan fingerprint density at radius 1 is 1.20 bits per heavy atom. The van der Waals surface area contributed by atoms with Crippen LogP contribution in [0.4, 0.5) is 13.2 Å². The van der Waals surface area contributed by atoms with E-state index in [1.807, 2.05) is 0 Å². The topological polar surface area (TPSA) is 60.6 Å². The van der Waals surface area contributed by atoms with E-state index in [4.69, 9.17) is 4.74 Å². The van der Waals surface area contributed by atoms with E-state index in [2.05, 4.69) is 33.9 Å². The molecule has 6 rings (SSSR count).